The number of rotatable bonds is 6. The van der Waals surface area contributed by atoms with Crippen molar-refractivity contribution in [1.29, 1.82) is 0 Å². The molecular formula is C26H38N6O. The maximum atomic E-state index is 12.4. The van der Waals surface area contributed by atoms with Crippen molar-refractivity contribution in [3.63, 3.8) is 0 Å². The molecule has 2 aliphatic rings. The number of urea groups is 1. The lowest BCUT2D eigenvalue weighted by Crippen LogP contribution is -2.42. The summed E-state index contributed by atoms with van der Waals surface area (Å²) in [7, 11) is 4.11. The molecule has 1 heterocycles. The first-order valence-corrected chi connectivity index (χ1v) is 12.4. The molecule has 0 saturated heterocycles. The molecule has 1 saturated carbocycles. The van der Waals surface area contributed by atoms with E-state index in [0.29, 0.717) is 12.0 Å². The molecule has 0 unspecified atom stereocenters. The van der Waals surface area contributed by atoms with Crippen molar-refractivity contribution in [2.24, 2.45) is 0 Å². The Bertz CT molecular complexity index is 948. The van der Waals surface area contributed by atoms with Crippen molar-refractivity contribution < 1.29 is 4.79 Å². The number of amides is 2. The predicted octanol–water partition coefficient (Wildman–Crippen LogP) is 5.09. The molecular weight excluding hydrogens is 412 g/mol. The van der Waals surface area contributed by atoms with Gasteiger partial charge in [-0.05, 0) is 75.0 Å². The van der Waals surface area contributed by atoms with Gasteiger partial charge in [-0.15, -0.1) is 0 Å². The Morgan fingerprint density at radius 3 is 2.30 bits per heavy atom. The number of carbonyl (C=O) groups is 1. The van der Waals surface area contributed by atoms with Crippen molar-refractivity contribution in [3.05, 3.63) is 41.1 Å². The molecule has 0 spiro atoms. The van der Waals surface area contributed by atoms with Crippen molar-refractivity contribution >= 4 is 23.5 Å². The SMILES string of the molecule is CC(C)c1ccc(NC(=O)N[C@H]2CC[C@@H](Nc3nc4c(c(N(C)C)n3)CCCC4)CC2)cc1. The Morgan fingerprint density at radius 1 is 0.970 bits per heavy atom. The van der Waals surface area contributed by atoms with E-state index in [2.05, 4.69) is 60.9 Å². The van der Waals surface area contributed by atoms with E-state index in [1.807, 2.05) is 12.1 Å². The molecule has 1 fully saturated rings. The summed E-state index contributed by atoms with van der Waals surface area (Å²) in [6.45, 7) is 4.33. The summed E-state index contributed by atoms with van der Waals surface area (Å²) in [5, 5.41) is 9.68. The molecule has 1 aromatic carbocycles. The van der Waals surface area contributed by atoms with Crippen LogP contribution in [0.2, 0.25) is 0 Å². The number of carbonyl (C=O) groups excluding carboxylic acids is 1. The predicted molar refractivity (Wildman–Crippen MR) is 135 cm³/mol. The van der Waals surface area contributed by atoms with Crippen molar-refractivity contribution in [3.8, 4) is 0 Å². The molecule has 7 nitrogen and oxygen atoms in total. The third kappa shape index (κ3) is 5.95. The zero-order chi connectivity index (χ0) is 23.4. The van der Waals surface area contributed by atoms with Crippen molar-refractivity contribution in [2.75, 3.05) is 29.6 Å². The molecule has 2 amide bonds. The van der Waals surface area contributed by atoms with E-state index in [0.717, 1.165) is 56.0 Å². The number of hydrogen-bond donors (Lipinski definition) is 3. The van der Waals surface area contributed by atoms with Gasteiger partial charge < -0.3 is 20.9 Å². The second kappa shape index (κ2) is 10.4. The number of anilines is 3. The summed E-state index contributed by atoms with van der Waals surface area (Å²) in [5.74, 6) is 2.28. The molecule has 2 aliphatic carbocycles. The van der Waals surface area contributed by atoms with Crippen LogP contribution in [0, 0.1) is 0 Å². The number of aromatic nitrogens is 2. The molecule has 178 valence electrons. The first-order valence-electron chi connectivity index (χ1n) is 12.4. The van der Waals surface area contributed by atoms with Crippen LogP contribution in [0.3, 0.4) is 0 Å². The standard InChI is InChI=1S/C26H38N6O/c1-17(2)18-9-11-20(12-10-18)28-26(33)29-21-15-13-19(14-16-21)27-25-30-23-8-6-5-7-22(23)24(31-25)32(3)4/h9-12,17,19,21H,5-8,13-16H2,1-4H3,(H,27,30,31)(H2,28,29,33)/t19-,21+. The average molecular weight is 451 g/mol. The zero-order valence-electron chi connectivity index (χ0n) is 20.4. The number of aryl methyl sites for hydroxylation is 1. The van der Waals surface area contributed by atoms with Gasteiger partial charge in [0, 0.05) is 37.4 Å². The maximum Gasteiger partial charge on any atom is 0.319 e. The minimum atomic E-state index is -0.127. The van der Waals surface area contributed by atoms with Crippen LogP contribution < -0.4 is 20.9 Å². The van der Waals surface area contributed by atoms with Crippen LogP contribution in [0.4, 0.5) is 22.2 Å². The van der Waals surface area contributed by atoms with Crippen LogP contribution in [-0.2, 0) is 12.8 Å². The Balaban J connectivity index is 1.28. The fraction of sp³-hybridized carbons (Fsp3) is 0.577. The topological polar surface area (TPSA) is 82.2 Å². The number of hydrogen-bond acceptors (Lipinski definition) is 5. The molecule has 4 rings (SSSR count). The first-order chi connectivity index (χ1) is 15.9. The second-order valence-corrected chi connectivity index (χ2v) is 9.97. The minimum absolute atomic E-state index is 0.127. The molecule has 2 aromatic rings. The highest BCUT2D eigenvalue weighted by Gasteiger charge is 2.25. The molecule has 0 radical (unpaired) electrons. The largest absolute Gasteiger partial charge is 0.362 e. The van der Waals surface area contributed by atoms with E-state index in [-0.39, 0.29) is 12.1 Å². The minimum Gasteiger partial charge on any atom is -0.362 e. The molecule has 0 bridgehead atoms. The monoisotopic (exact) mass is 450 g/mol. The van der Waals surface area contributed by atoms with Gasteiger partial charge in [0.05, 0.1) is 5.69 Å². The van der Waals surface area contributed by atoms with Crippen molar-refractivity contribution in [1.82, 2.24) is 15.3 Å². The van der Waals surface area contributed by atoms with Crippen LogP contribution in [0.5, 0.6) is 0 Å². The Hall–Kier alpha value is -2.83. The summed E-state index contributed by atoms with van der Waals surface area (Å²) in [5.41, 5.74) is 4.62. The van der Waals surface area contributed by atoms with Gasteiger partial charge in [-0.2, -0.15) is 4.98 Å². The molecule has 7 heteroatoms. The third-order valence-corrected chi connectivity index (χ3v) is 6.82. The lowest BCUT2D eigenvalue weighted by Gasteiger charge is -2.30. The quantitative estimate of drug-likeness (QED) is 0.571. The van der Waals surface area contributed by atoms with Gasteiger partial charge >= 0.3 is 6.03 Å². The smallest absolute Gasteiger partial charge is 0.319 e. The molecule has 0 aliphatic heterocycles. The normalized spacial score (nSPS) is 20.2. The number of nitrogens with zero attached hydrogens (tertiary/aromatic N) is 3. The Morgan fingerprint density at radius 2 is 1.64 bits per heavy atom. The van der Waals surface area contributed by atoms with Crippen LogP contribution in [0.15, 0.2) is 24.3 Å². The first kappa shape index (κ1) is 23.3. The summed E-state index contributed by atoms with van der Waals surface area (Å²) in [6, 6.07) is 8.49. The zero-order valence-corrected chi connectivity index (χ0v) is 20.4. The van der Waals surface area contributed by atoms with E-state index < -0.39 is 0 Å². The summed E-state index contributed by atoms with van der Waals surface area (Å²) >= 11 is 0. The second-order valence-electron chi connectivity index (χ2n) is 9.97. The lowest BCUT2D eigenvalue weighted by atomic mass is 9.91. The van der Waals surface area contributed by atoms with Crippen LogP contribution in [0.1, 0.15) is 75.1 Å². The van der Waals surface area contributed by atoms with Gasteiger partial charge in [0.1, 0.15) is 5.82 Å². The Kier molecular flexibility index (Phi) is 7.36. The molecule has 0 atom stereocenters. The van der Waals surface area contributed by atoms with Crippen LogP contribution in [-0.4, -0.2) is 42.2 Å². The van der Waals surface area contributed by atoms with E-state index in [4.69, 9.17) is 9.97 Å². The van der Waals surface area contributed by atoms with Gasteiger partial charge in [-0.3, -0.25) is 0 Å². The molecule has 3 N–H and O–H groups in total. The molecule has 33 heavy (non-hydrogen) atoms. The van der Waals surface area contributed by atoms with E-state index in [1.54, 1.807) is 0 Å². The number of benzene rings is 1. The van der Waals surface area contributed by atoms with E-state index >= 15 is 0 Å². The number of fused-ring (bicyclic) bond motifs is 1. The van der Waals surface area contributed by atoms with Crippen LogP contribution in [0.25, 0.3) is 0 Å². The summed E-state index contributed by atoms with van der Waals surface area (Å²) < 4.78 is 0. The van der Waals surface area contributed by atoms with Crippen molar-refractivity contribution in [2.45, 2.75) is 83.2 Å². The highest BCUT2D eigenvalue weighted by atomic mass is 16.2. The van der Waals surface area contributed by atoms with E-state index in [1.165, 1.54) is 29.7 Å². The average Bonchev–Trinajstić information content (AvgIpc) is 2.80. The highest BCUT2D eigenvalue weighted by molar-refractivity contribution is 5.89. The Labute approximate surface area is 197 Å². The summed E-state index contributed by atoms with van der Waals surface area (Å²) in [4.78, 5) is 24.2. The highest BCUT2D eigenvalue weighted by Crippen LogP contribution is 2.29. The van der Waals surface area contributed by atoms with Gasteiger partial charge in [0.15, 0.2) is 0 Å². The summed E-state index contributed by atoms with van der Waals surface area (Å²) in [6.07, 6.45) is 8.42. The third-order valence-electron chi connectivity index (χ3n) is 6.82. The van der Waals surface area contributed by atoms with Gasteiger partial charge in [0.25, 0.3) is 0 Å². The van der Waals surface area contributed by atoms with Crippen LogP contribution >= 0.6 is 0 Å². The molecule has 1 aromatic heterocycles. The van der Waals surface area contributed by atoms with Gasteiger partial charge in [-0.25, -0.2) is 9.78 Å². The van der Waals surface area contributed by atoms with Gasteiger partial charge in [0.2, 0.25) is 5.95 Å². The number of nitrogens with one attached hydrogen (secondary N) is 3. The fourth-order valence-corrected chi connectivity index (χ4v) is 4.88. The van der Waals surface area contributed by atoms with E-state index in [9.17, 15) is 4.79 Å². The lowest BCUT2D eigenvalue weighted by molar-refractivity contribution is 0.243. The van der Waals surface area contributed by atoms with Gasteiger partial charge in [-0.1, -0.05) is 26.0 Å². The fourth-order valence-electron chi connectivity index (χ4n) is 4.88. The maximum absolute atomic E-state index is 12.4.